The van der Waals surface area contributed by atoms with Gasteiger partial charge in [-0.15, -0.1) is 0 Å². The summed E-state index contributed by atoms with van der Waals surface area (Å²) in [7, 11) is 0. The van der Waals surface area contributed by atoms with E-state index in [-0.39, 0.29) is 33.8 Å². The molecule has 8 aromatic carbocycles. The molecule has 0 spiro atoms. The summed E-state index contributed by atoms with van der Waals surface area (Å²) in [5.74, 6) is 0. The Kier molecular flexibility index (Phi) is 10.3. The van der Waals surface area contributed by atoms with Gasteiger partial charge in [0.05, 0.1) is 16.7 Å². The molecule has 0 amide bonds. The Hall–Kier alpha value is -6.78. The van der Waals surface area contributed by atoms with Crippen molar-refractivity contribution in [3.8, 4) is 16.8 Å². The van der Waals surface area contributed by atoms with Crippen LogP contribution < -0.4 is 26.2 Å². The van der Waals surface area contributed by atoms with Gasteiger partial charge in [-0.25, -0.2) is 0 Å². The first-order chi connectivity index (χ1) is 34.7. The Labute approximate surface area is 442 Å². The maximum atomic E-state index is 2.68. The number of fused-ring (bicyclic) bond motifs is 10. The van der Waals surface area contributed by atoms with Crippen molar-refractivity contribution in [2.75, 3.05) is 9.80 Å². The lowest BCUT2D eigenvalue weighted by Crippen LogP contribution is -2.61. The summed E-state index contributed by atoms with van der Waals surface area (Å²) in [6.45, 7) is 39.9. The molecule has 0 saturated heterocycles. The summed E-state index contributed by atoms with van der Waals surface area (Å²) in [6.07, 6.45) is 0. The minimum absolute atomic E-state index is 0.0237. The van der Waals surface area contributed by atoms with Gasteiger partial charge in [-0.05, 0) is 175 Å². The van der Waals surface area contributed by atoms with Crippen molar-refractivity contribution in [3.05, 3.63) is 190 Å². The first-order valence-corrected chi connectivity index (χ1v) is 27.2. The van der Waals surface area contributed by atoms with Crippen molar-refractivity contribution in [1.29, 1.82) is 0 Å². The van der Waals surface area contributed by atoms with Crippen LogP contribution in [0.1, 0.15) is 147 Å². The Morgan fingerprint density at radius 3 is 1.59 bits per heavy atom. The van der Waals surface area contributed by atoms with Gasteiger partial charge in [-0.1, -0.05) is 182 Å². The zero-order valence-corrected chi connectivity index (χ0v) is 47.2. The van der Waals surface area contributed by atoms with Gasteiger partial charge in [0, 0.05) is 50.3 Å². The van der Waals surface area contributed by atoms with Crippen LogP contribution in [0.25, 0.3) is 38.6 Å². The number of aromatic nitrogens is 1. The van der Waals surface area contributed by atoms with Crippen LogP contribution in [0.5, 0.6) is 0 Å². The van der Waals surface area contributed by atoms with Crippen LogP contribution in [-0.2, 0) is 27.1 Å². The SMILES string of the molecule is Cc1cc(C(C)(C)C)ccc1N1c2ccc(C(C)(C)C)cc2B2c3cc4c5cc(C(C)(C)C)ccc5n(-c5c(C)cccc5C)c4cc3N(c3ccc4c(c3)C(C)(C)c3ccccc3-4)c3cc(C(C)(C)C)cc1c32. The highest BCUT2D eigenvalue weighted by molar-refractivity contribution is 7.00. The topological polar surface area (TPSA) is 11.4 Å². The third-order valence-electron chi connectivity index (χ3n) is 17.3. The third kappa shape index (κ3) is 7.13. The van der Waals surface area contributed by atoms with Crippen LogP contribution in [0.2, 0.25) is 0 Å². The Balaban J connectivity index is 1.26. The highest BCUT2D eigenvalue weighted by Gasteiger charge is 2.46. The predicted molar refractivity (Wildman–Crippen MR) is 321 cm³/mol. The second-order valence-corrected chi connectivity index (χ2v) is 26.9. The maximum absolute atomic E-state index is 2.68. The van der Waals surface area contributed by atoms with Crippen molar-refractivity contribution in [2.45, 2.75) is 145 Å². The highest BCUT2D eigenvalue weighted by atomic mass is 15.2. The first-order valence-electron chi connectivity index (χ1n) is 27.2. The molecular weight excluding hydrogens is 894 g/mol. The molecule has 1 aromatic heterocycles. The van der Waals surface area contributed by atoms with Crippen LogP contribution in [0.15, 0.2) is 140 Å². The molecule has 0 radical (unpaired) electrons. The molecule has 3 heterocycles. The van der Waals surface area contributed by atoms with E-state index in [1.165, 1.54) is 139 Å². The molecule has 0 atom stereocenters. The van der Waals surface area contributed by atoms with Crippen LogP contribution >= 0.6 is 0 Å². The molecule has 9 aromatic rings. The highest BCUT2D eigenvalue weighted by Crippen LogP contribution is 2.53. The van der Waals surface area contributed by atoms with E-state index >= 15 is 0 Å². The number of aryl methyl sites for hydroxylation is 3. The number of benzene rings is 8. The van der Waals surface area contributed by atoms with Crippen LogP contribution in [-0.4, -0.2) is 11.3 Å². The molecule has 3 aliphatic rings. The molecular formula is C70H74BN3. The van der Waals surface area contributed by atoms with Gasteiger partial charge in [0.1, 0.15) is 0 Å². The van der Waals surface area contributed by atoms with Gasteiger partial charge >= 0.3 is 0 Å². The largest absolute Gasteiger partial charge is 0.311 e. The molecule has 2 aliphatic heterocycles. The van der Waals surface area contributed by atoms with Crippen LogP contribution in [0, 0.1) is 20.8 Å². The summed E-state index contributed by atoms with van der Waals surface area (Å²) in [5.41, 5.74) is 29.4. The van der Waals surface area contributed by atoms with Crippen molar-refractivity contribution in [3.63, 3.8) is 0 Å². The molecule has 12 rings (SSSR count). The monoisotopic (exact) mass is 968 g/mol. The van der Waals surface area contributed by atoms with Crippen molar-refractivity contribution in [2.24, 2.45) is 0 Å². The first kappa shape index (κ1) is 48.2. The fraction of sp³-hybridized carbons (Fsp3) is 0.314. The predicted octanol–water partition coefficient (Wildman–Crippen LogP) is 17.3. The van der Waals surface area contributed by atoms with E-state index in [4.69, 9.17) is 0 Å². The van der Waals surface area contributed by atoms with Gasteiger partial charge in [-0.2, -0.15) is 0 Å². The number of rotatable bonds is 3. The fourth-order valence-electron chi connectivity index (χ4n) is 13.0. The molecule has 1 aliphatic carbocycles. The second kappa shape index (κ2) is 15.9. The summed E-state index contributed by atoms with van der Waals surface area (Å²) >= 11 is 0. The van der Waals surface area contributed by atoms with E-state index in [0.29, 0.717) is 0 Å². The van der Waals surface area contributed by atoms with Crippen molar-refractivity contribution < 1.29 is 0 Å². The molecule has 0 bridgehead atoms. The van der Waals surface area contributed by atoms with Gasteiger partial charge in [0.2, 0.25) is 0 Å². The Bertz CT molecular complexity index is 3830. The summed E-state index contributed by atoms with van der Waals surface area (Å²) < 4.78 is 2.59. The fourth-order valence-corrected chi connectivity index (χ4v) is 13.0. The summed E-state index contributed by atoms with van der Waals surface area (Å²) in [6, 6.07) is 55.4. The Morgan fingerprint density at radius 2 is 0.946 bits per heavy atom. The molecule has 0 N–H and O–H groups in total. The lowest BCUT2D eigenvalue weighted by atomic mass is 9.33. The number of nitrogens with zero attached hydrogens (tertiary/aromatic N) is 3. The van der Waals surface area contributed by atoms with E-state index in [0.717, 1.165) is 0 Å². The van der Waals surface area contributed by atoms with Crippen LogP contribution in [0.4, 0.5) is 34.1 Å². The molecule has 0 saturated carbocycles. The summed E-state index contributed by atoms with van der Waals surface area (Å²) in [5, 5.41) is 2.59. The van der Waals surface area contributed by atoms with Gasteiger partial charge in [0.25, 0.3) is 6.71 Å². The smallest absolute Gasteiger partial charge is 0.252 e. The van der Waals surface area contributed by atoms with Crippen LogP contribution in [0.3, 0.4) is 0 Å². The van der Waals surface area contributed by atoms with E-state index in [1.807, 2.05) is 0 Å². The standard InChI is InChI=1S/C70H74BN3/c1-41-21-20-22-42(2)65(41)74-58-31-26-45(67(7,8)9)34-51(58)52-39-56-61(40-60(52)74)72(48-28-29-50-49-23-18-19-24-53(49)70(16,17)54(50)38-48)62-36-47(69(13,14)15)37-63-64(62)71(56)55-35-46(68(10,11)12)27-32-59(55)73(63)57-30-25-44(33-43(57)3)66(4,5)6/h18-40H,1-17H3. The second-order valence-electron chi connectivity index (χ2n) is 26.9. The maximum Gasteiger partial charge on any atom is 0.252 e. The van der Waals surface area contributed by atoms with Crippen molar-refractivity contribution >= 4 is 79.0 Å². The third-order valence-corrected chi connectivity index (χ3v) is 17.3. The lowest BCUT2D eigenvalue weighted by molar-refractivity contribution is 0.589. The number of hydrogen-bond acceptors (Lipinski definition) is 2. The normalized spacial score (nSPS) is 14.9. The Morgan fingerprint density at radius 1 is 0.392 bits per heavy atom. The van der Waals surface area contributed by atoms with E-state index in [9.17, 15) is 0 Å². The molecule has 4 heteroatoms. The molecule has 0 fully saturated rings. The number of anilines is 6. The minimum Gasteiger partial charge on any atom is -0.311 e. The molecule has 372 valence electrons. The van der Waals surface area contributed by atoms with E-state index < -0.39 is 0 Å². The van der Waals surface area contributed by atoms with Gasteiger partial charge in [-0.3, -0.25) is 0 Å². The minimum atomic E-state index is -0.172. The summed E-state index contributed by atoms with van der Waals surface area (Å²) in [4.78, 5) is 5.32. The van der Waals surface area contributed by atoms with E-state index in [1.54, 1.807) is 0 Å². The van der Waals surface area contributed by atoms with Crippen molar-refractivity contribution in [1.82, 2.24) is 4.57 Å². The molecule has 0 unspecified atom stereocenters. The lowest BCUT2D eigenvalue weighted by Gasteiger charge is -2.46. The quantitative estimate of drug-likeness (QED) is 0.164. The average Bonchev–Trinajstić information content (AvgIpc) is 3.75. The van der Waals surface area contributed by atoms with Gasteiger partial charge < -0.3 is 14.4 Å². The molecule has 3 nitrogen and oxygen atoms in total. The molecule has 74 heavy (non-hydrogen) atoms. The number of para-hydroxylation sites is 1. The van der Waals surface area contributed by atoms with E-state index in [2.05, 4.69) is 272 Å². The zero-order valence-electron chi connectivity index (χ0n) is 47.2. The zero-order chi connectivity index (χ0) is 52.5. The average molecular weight is 968 g/mol. The van der Waals surface area contributed by atoms with Gasteiger partial charge in [0.15, 0.2) is 0 Å². The number of hydrogen-bond donors (Lipinski definition) is 0.